The summed E-state index contributed by atoms with van der Waals surface area (Å²) in [6, 6.07) is 0.296. The maximum Gasteiger partial charge on any atom is 0.271 e. The normalized spacial score (nSPS) is 16.3. The summed E-state index contributed by atoms with van der Waals surface area (Å²) in [5.41, 5.74) is 0.412. The molecule has 0 spiro atoms. The number of nitrogens with zero attached hydrogens (tertiary/aromatic N) is 3. The average Bonchev–Trinajstić information content (AvgIpc) is 2.78. The van der Waals surface area contributed by atoms with E-state index in [9.17, 15) is 4.79 Å². The third kappa shape index (κ3) is 4.41. The molecule has 1 aromatic heterocycles. The highest BCUT2D eigenvalue weighted by Crippen LogP contribution is 2.17. The van der Waals surface area contributed by atoms with Crippen molar-refractivity contribution < 1.29 is 4.79 Å². The summed E-state index contributed by atoms with van der Waals surface area (Å²) in [6.45, 7) is 5.94. The Morgan fingerprint density at radius 3 is 2.33 bits per heavy atom. The van der Waals surface area contributed by atoms with Gasteiger partial charge in [-0.05, 0) is 26.7 Å². The molecule has 1 saturated carbocycles. The van der Waals surface area contributed by atoms with E-state index in [4.69, 9.17) is 0 Å². The number of hydrogen-bond donors (Lipinski definition) is 1. The SMILES string of the molecule is CCN(CC)c1cnc(C(=O)NC2CCCCCC2)cn1. The van der Waals surface area contributed by atoms with Crippen molar-refractivity contribution >= 4 is 11.7 Å². The molecule has 0 radical (unpaired) electrons. The van der Waals surface area contributed by atoms with Crippen LogP contribution in [0.4, 0.5) is 5.82 Å². The van der Waals surface area contributed by atoms with Crippen LogP contribution in [0.25, 0.3) is 0 Å². The first-order chi connectivity index (χ1) is 10.2. The fourth-order valence-corrected chi connectivity index (χ4v) is 2.83. The van der Waals surface area contributed by atoms with E-state index in [-0.39, 0.29) is 5.91 Å². The van der Waals surface area contributed by atoms with E-state index in [1.54, 1.807) is 12.4 Å². The summed E-state index contributed by atoms with van der Waals surface area (Å²) in [4.78, 5) is 23.0. The van der Waals surface area contributed by atoms with E-state index in [1.165, 1.54) is 25.7 Å². The van der Waals surface area contributed by atoms with Crippen molar-refractivity contribution in [1.82, 2.24) is 15.3 Å². The van der Waals surface area contributed by atoms with Gasteiger partial charge >= 0.3 is 0 Å². The lowest BCUT2D eigenvalue weighted by molar-refractivity contribution is 0.0928. The largest absolute Gasteiger partial charge is 0.356 e. The van der Waals surface area contributed by atoms with Crippen LogP contribution in [0.2, 0.25) is 0 Å². The zero-order chi connectivity index (χ0) is 15.1. The number of amides is 1. The molecule has 1 aliphatic rings. The Hall–Kier alpha value is -1.65. The lowest BCUT2D eigenvalue weighted by Gasteiger charge is -2.19. The third-order valence-corrected chi connectivity index (χ3v) is 4.15. The Balaban J connectivity index is 1.95. The van der Waals surface area contributed by atoms with E-state index in [0.717, 1.165) is 31.7 Å². The number of anilines is 1. The minimum Gasteiger partial charge on any atom is -0.356 e. The fraction of sp³-hybridized carbons (Fsp3) is 0.688. The molecule has 0 aromatic carbocycles. The van der Waals surface area contributed by atoms with Crippen LogP contribution in [-0.4, -0.2) is 35.0 Å². The molecule has 2 rings (SSSR count). The maximum atomic E-state index is 12.2. The highest BCUT2D eigenvalue weighted by atomic mass is 16.1. The molecule has 1 aromatic rings. The molecular weight excluding hydrogens is 264 g/mol. The molecule has 0 bridgehead atoms. The molecule has 1 fully saturated rings. The van der Waals surface area contributed by atoms with Gasteiger partial charge in [0.2, 0.25) is 0 Å². The first-order valence-electron chi connectivity index (χ1n) is 8.12. The van der Waals surface area contributed by atoms with Crippen LogP contribution in [0, 0.1) is 0 Å². The van der Waals surface area contributed by atoms with Crippen molar-refractivity contribution in [2.75, 3.05) is 18.0 Å². The highest BCUT2D eigenvalue weighted by molar-refractivity contribution is 5.92. The van der Waals surface area contributed by atoms with Crippen molar-refractivity contribution in [2.24, 2.45) is 0 Å². The number of aromatic nitrogens is 2. The van der Waals surface area contributed by atoms with Crippen LogP contribution in [-0.2, 0) is 0 Å². The summed E-state index contributed by atoms with van der Waals surface area (Å²) in [6.07, 6.45) is 10.4. The first kappa shape index (κ1) is 15.7. The molecule has 116 valence electrons. The standard InChI is InChI=1S/C16H26N4O/c1-3-20(4-2)15-12-17-14(11-18-15)16(21)19-13-9-7-5-6-8-10-13/h11-13H,3-10H2,1-2H3,(H,19,21). The van der Waals surface area contributed by atoms with Crippen molar-refractivity contribution in [3.05, 3.63) is 18.1 Å². The number of carbonyl (C=O) groups excluding carboxylic acids is 1. The molecule has 1 heterocycles. The Morgan fingerprint density at radius 1 is 1.14 bits per heavy atom. The van der Waals surface area contributed by atoms with E-state index in [1.807, 2.05) is 0 Å². The van der Waals surface area contributed by atoms with Gasteiger partial charge in [-0.3, -0.25) is 4.79 Å². The van der Waals surface area contributed by atoms with Gasteiger partial charge in [0, 0.05) is 19.1 Å². The molecule has 5 heteroatoms. The molecule has 0 aliphatic heterocycles. The Bertz CT molecular complexity index is 434. The van der Waals surface area contributed by atoms with E-state index < -0.39 is 0 Å². The molecule has 1 aliphatic carbocycles. The zero-order valence-electron chi connectivity index (χ0n) is 13.1. The van der Waals surface area contributed by atoms with Crippen molar-refractivity contribution in [1.29, 1.82) is 0 Å². The fourth-order valence-electron chi connectivity index (χ4n) is 2.83. The van der Waals surface area contributed by atoms with Gasteiger partial charge in [0.15, 0.2) is 0 Å². The first-order valence-corrected chi connectivity index (χ1v) is 8.12. The van der Waals surface area contributed by atoms with Crippen LogP contribution in [0.3, 0.4) is 0 Å². The minimum atomic E-state index is -0.0968. The number of carbonyl (C=O) groups is 1. The summed E-state index contributed by atoms with van der Waals surface area (Å²) < 4.78 is 0. The van der Waals surface area contributed by atoms with Crippen molar-refractivity contribution in [2.45, 2.75) is 58.4 Å². The monoisotopic (exact) mass is 290 g/mol. The molecular formula is C16H26N4O. The second-order valence-corrected chi connectivity index (χ2v) is 5.59. The molecule has 0 saturated heterocycles. The van der Waals surface area contributed by atoms with Gasteiger partial charge in [-0.1, -0.05) is 25.7 Å². The summed E-state index contributed by atoms with van der Waals surface area (Å²) >= 11 is 0. The van der Waals surface area contributed by atoms with Crippen LogP contribution in [0.15, 0.2) is 12.4 Å². The summed E-state index contributed by atoms with van der Waals surface area (Å²) in [5.74, 6) is 0.728. The van der Waals surface area contributed by atoms with Gasteiger partial charge in [-0.25, -0.2) is 9.97 Å². The van der Waals surface area contributed by atoms with Crippen molar-refractivity contribution in [3.63, 3.8) is 0 Å². The van der Waals surface area contributed by atoms with Crippen LogP contribution >= 0.6 is 0 Å². The summed E-state index contributed by atoms with van der Waals surface area (Å²) in [7, 11) is 0. The van der Waals surface area contributed by atoms with Gasteiger partial charge in [-0.2, -0.15) is 0 Å². The second-order valence-electron chi connectivity index (χ2n) is 5.59. The van der Waals surface area contributed by atoms with Gasteiger partial charge in [0.1, 0.15) is 11.5 Å². The topological polar surface area (TPSA) is 58.1 Å². The predicted octanol–water partition coefficient (Wildman–Crippen LogP) is 2.78. The van der Waals surface area contributed by atoms with Gasteiger partial charge in [0.05, 0.1) is 12.4 Å². The van der Waals surface area contributed by atoms with Crippen LogP contribution < -0.4 is 10.2 Å². The van der Waals surface area contributed by atoms with Gasteiger partial charge in [0.25, 0.3) is 5.91 Å². The number of hydrogen-bond acceptors (Lipinski definition) is 4. The minimum absolute atomic E-state index is 0.0968. The van der Waals surface area contributed by atoms with E-state index >= 15 is 0 Å². The Labute approximate surface area is 127 Å². The summed E-state index contributed by atoms with van der Waals surface area (Å²) in [5, 5.41) is 3.10. The van der Waals surface area contributed by atoms with Crippen LogP contribution in [0.5, 0.6) is 0 Å². The van der Waals surface area contributed by atoms with Crippen molar-refractivity contribution in [3.8, 4) is 0 Å². The Kier molecular flexibility index (Phi) is 5.96. The number of rotatable bonds is 5. The molecule has 0 unspecified atom stereocenters. The lowest BCUT2D eigenvalue weighted by atomic mass is 10.1. The highest BCUT2D eigenvalue weighted by Gasteiger charge is 2.17. The number of nitrogens with one attached hydrogen (secondary N) is 1. The third-order valence-electron chi connectivity index (χ3n) is 4.15. The molecule has 0 atom stereocenters. The maximum absolute atomic E-state index is 12.2. The quantitative estimate of drug-likeness (QED) is 0.847. The van der Waals surface area contributed by atoms with E-state index in [2.05, 4.69) is 34.0 Å². The predicted molar refractivity (Wildman–Crippen MR) is 84.5 cm³/mol. The molecule has 5 nitrogen and oxygen atoms in total. The smallest absolute Gasteiger partial charge is 0.271 e. The second kappa shape index (κ2) is 7.96. The van der Waals surface area contributed by atoms with E-state index in [0.29, 0.717) is 11.7 Å². The van der Waals surface area contributed by atoms with Gasteiger partial charge in [-0.15, -0.1) is 0 Å². The Morgan fingerprint density at radius 2 is 1.81 bits per heavy atom. The average molecular weight is 290 g/mol. The molecule has 1 amide bonds. The lowest BCUT2D eigenvalue weighted by Crippen LogP contribution is -2.35. The molecule has 1 N–H and O–H groups in total. The molecule has 21 heavy (non-hydrogen) atoms. The van der Waals surface area contributed by atoms with Gasteiger partial charge < -0.3 is 10.2 Å². The zero-order valence-corrected chi connectivity index (χ0v) is 13.1. The van der Waals surface area contributed by atoms with Crippen LogP contribution in [0.1, 0.15) is 62.9 Å².